The molecule has 0 fully saturated rings. The molecule has 0 atom stereocenters. The highest BCUT2D eigenvalue weighted by Gasteiger charge is 2.32. The maximum absolute atomic E-state index is 12.0. The Labute approximate surface area is 105 Å². The van der Waals surface area contributed by atoms with Crippen LogP contribution >= 0.6 is 27.5 Å². The van der Waals surface area contributed by atoms with Gasteiger partial charge in [0.2, 0.25) is 0 Å². The van der Waals surface area contributed by atoms with Crippen LogP contribution in [0.1, 0.15) is 12.0 Å². The molecule has 0 N–H and O–H groups in total. The van der Waals surface area contributed by atoms with Gasteiger partial charge in [-0.3, -0.25) is 0 Å². The zero-order valence-electron chi connectivity index (χ0n) is 8.15. The summed E-state index contributed by atoms with van der Waals surface area (Å²) < 4.78 is 39.9. The molecule has 0 aliphatic carbocycles. The molecular formula is C10H9BrClF3O. The second-order valence-electron chi connectivity index (χ2n) is 3.11. The topological polar surface area (TPSA) is 9.23 Å². The van der Waals surface area contributed by atoms with Crippen molar-refractivity contribution in [2.75, 3.05) is 5.33 Å². The summed E-state index contributed by atoms with van der Waals surface area (Å²) in [6.45, 7) is 0. The summed E-state index contributed by atoms with van der Waals surface area (Å²) in [5.41, 5.74) is 0.767. The van der Waals surface area contributed by atoms with Gasteiger partial charge in [-0.25, -0.2) is 0 Å². The van der Waals surface area contributed by atoms with Crippen LogP contribution in [0.2, 0.25) is 5.02 Å². The highest BCUT2D eigenvalue weighted by Crippen LogP contribution is 2.31. The summed E-state index contributed by atoms with van der Waals surface area (Å²) in [7, 11) is 0. The van der Waals surface area contributed by atoms with Crippen molar-refractivity contribution in [3.63, 3.8) is 0 Å². The summed E-state index contributed by atoms with van der Waals surface area (Å²) in [4.78, 5) is 0. The van der Waals surface area contributed by atoms with E-state index in [-0.39, 0.29) is 10.8 Å². The molecule has 90 valence electrons. The Morgan fingerprint density at radius 1 is 1.31 bits per heavy atom. The predicted molar refractivity (Wildman–Crippen MR) is 60.3 cm³/mol. The smallest absolute Gasteiger partial charge is 0.404 e. The monoisotopic (exact) mass is 316 g/mol. The van der Waals surface area contributed by atoms with Crippen molar-refractivity contribution in [2.24, 2.45) is 0 Å². The van der Waals surface area contributed by atoms with Crippen LogP contribution in [-0.4, -0.2) is 11.7 Å². The van der Waals surface area contributed by atoms with Crippen LogP contribution in [0, 0.1) is 0 Å². The molecule has 0 saturated heterocycles. The van der Waals surface area contributed by atoms with Crippen LogP contribution in [0.3, 0.4) is 0 Å². The van der Waals surface area contributed by atoms with Crippen LogP contribution in [-0.2, 0) is 6.42 Å². The van der Waals surface area contributed by atoms with Gasteiger partial charge in [0.1, 0.15) is 5.75 Å². The largest absolute Gasteiger partial charge is 0.573 e. The Balaban J connectivity index is 2.82. The number of alkyl halides is 4. The first-order valence-electron chi connectivity index (χ1n) is 4.52. The van der Waals surface area contributed by atoms with Gasteiger partial charge >= 0.3 is 6.36 Å². The molecule has 0 unspecified atom stereocenters. The van der Waals surface area contributed by atoms with E-state index in [2.05, 4.69) is 20.7 Å². The number of rotatable bonds is 4. The first kappa shape index (κ1) is 13.6. The van der Waals surface area contributed by atoms with Crippen LogP contribution in [0.25, 0.3) is 0 Å². The minimum Gasteiger partial charge on any atom is -0.404 e. The molecular weight excluding hydrogens is 308 g/mol. The summed E-state index contributed by atoms with van der Waals surface area (Å²) in [6.07, 6.45) is -3.19. The van der Waals surface area contributed by atoms with Gasteiger partial charge in [0, 0.05) is 5.33 Å². The Morgan fingerprint density at radius 2 is 2.00 bits per heavy atom. The van der Waals surface area contributed by atoms with E-state index >= 15 is 0 Å². The molecule has 0 aromatic heterocycles. The molecule has 0 aliphatic rings. The summed E-state index contributed by atoms with van der Waals surface area (Å²) in [5.74, 6) is -0.346. The normalized spacial score (nSPS) is 11.6. The molecule has 16 heavy (non-hydrogen) atoms. The zero-order valence-corrected chi connectivity index (χ0v) is 10.5. The lowest BCUT2D eigenvalue weighted by atomic mass is 10.1. The van der Waals surface area contributed by atoms with E-state index < -0.39 is 6.36 Å². The number of hydrogen-bond donors (Lipinski definition) is 0. The molecule has 0 heterocycles. The van der Waals surface area contributed by atoms with E-state index in [1.807, 2.05) is 0 Å². The zero-order chi connectivity index (χ0) is 12.2. The van der Waals surface area contributed by atoms with E-state index in [1.165, 1.54) is 12.1 Å². The lowest BCUT2D eigenvalue weighted by molar-refractivity contribution is -0.274. The van der Waals surface area contributed by atoms with Gasteiger partial charge in [0.05, 0.1) is 5.02 Å². The van der Waals surface area contributed by atoms with Crippen LogP contribution in [0.4, 0.5) is 13.2 Å². The van der Waals surface area contributed by atoms with E-state index in [0.29, 0.717) is 6.42 Å². The van der Waals surface area contributed by atoms with Crippen molar-refractivity contribution < 1.29 is 17.9 Å². The standard InChI is InChI=1S/C10H9BrClF3O/c11-5-1-2-7-3-4-8(12)9(6-7)16-10(13,14)15/h3-4,6H,1-2,5H2. The second-order valence-corrected chi connectivity index (χ2v) is 4.31. The third-order valence-electron chi connectivity index (χ3n) is 1.82. The highest BCUT2D eigenvalue weighted by atomic mass is 79.9. The SMILES string of the molecule is FC(F)(F)Oc1cc(CCCBr)ccc1Cl. The van der Waals surface area contributed by atoms with Gasteiger partial charge in [-0.1, -0.05) is 33.6 Å². The summed E-state index contributed by atoms with van der Waals surface area (Å²) >= 11 is 8.85. The minimum absolute atomic E-state index is 0.0417. The van der Waals surface area contributed by atoms with Crippen molar-refractivity contribution in [2.45, 2.75) is 19.2 Å². The number of ether oxygens (including phenoxy) is 1. The van der Waals surface area contributed by atoms with E-state index in [9.17, 15) is 13.2 Å². The fourth-order valence-corrected chi connectivity index (χ4v) is 1.61. The predicted octanol–water partition coefficient (Wildman–Crippen LogP) is 4.57. The number of aryl methyl sites for hydroxylation is 1. The molecule has 0 aliphatic heterocycles. The number of hydrogen-bond acceptors (Lipinski definition) is 1. The maximum Gasteiger partial charge on any atom is 0.573 e. The van der Waals surface area contributed by atoms with Gasteiger partial charge < -0.3 is 4.74 Å². The van der Waals surface area contributed by atoms with Crippen molar-refractivity contribution in [3.8, 4) is 5.75 Å². The molecule has 1 nitrogen and oxygen atoms in total. The van der Waals surface area contributed by atoms with Crippen molar-refractivity contribution in [1.82, 2.24) is 0 Å². The maximum atomic E-state index is 12.0. The van der Waals surface area contributed by atoms with Crippen molar-refractivity contribution in [1.29, 1.82) is 0 Å². The van der Waals surface area contributed by atoms with Crippen LogP contribution in [0.15, 0.2) is 18.2 Å². The Hall–Kier alpha value is -0.420. The average molecular weight is 318 g/mol. The minimum atomic E-state index is -4.71. The molecule has 0 amide bonds. The fourth-order valence-electron chi connectivity index (χ4n) is 1.18. The lowest BCUT2D eigenvalue weighted by Gasteiger charge is -2.11. The van der Waals surface area contributed by atoms with E-state index in [0.717, 1.165) is 17.3 Å². The molecule has 0 spiro atoms. The average Bonchev–Trinajstić information content (AvgIpc) is 2.17. The molecule has 0 bridgehead atoms. The summed E-state index contributed by atoms with van der Waals surface area (Å²) in [5, 5.41) is 0.755. The molecule has 1 aromatic carbocycles. The quantitative estimate of drug-likeness (QED) is 0.739. The van der Waals surface area contributed by atoms with Crippen molar-refractivity contribution in [3.05, 3.63) is 28.8 Å². The van der Waals surface area contributed by atoms with Gasteiger partial charge in [0.25, 0.3) is 0 Å². The van der Waals surface area contributed by atoms with Crippen molar-refractivity contribution >= 4 is 27.5 Å². The summed E-state index contributed by atoms with van der Waals surface area (Å²) in [6, 6.07) is 4.42. The molecule has 1 aromatic rings. The molecule has 6 heteroatoms. The van der Waals surface area contributed by atoms with Gasteiger partial charge in [-0.05, 0) is 30.5 Å². The van der Waals surface area contributed by atoms with E-state index in [1.54, 1.807) is 6.07 Å². The van der Waals surface area contributed by atoms with E-state index in [4.69, 9.17) is 11.6 Å². The molecule has 1 rings (SSSR count). The number of benzene rings is 1. The third kappa shape index (κ3) is 4.61. The molecule has 0 radical (unpaired) electrons. The Morgan fingerprint density at radius 3 is 2.56 bits per heavy atom. The second kappa shape index (κ2) is 5.77. The Kier molecular flexibility index (Phi) is 4.92. The van der Waals surface area contributed by atoms with Gasteiger partial charge in [-0.15, -0.1) is 13.2 Å². The highest BCUT2D eigenvalue weighted by molar-refractivity contribution is 9.09. The Bertz CT molecular complexity index is 354. The first-order chi connectivity index (χ1) is 7.42. The van der Waals surface area contributed by atoms with Crippen LogP contribution < -0.4 is 4.74 Å². The molecule has 0 saturated carbocycles. The fraction of sp³-hybridized carbons (Fsp3) is 0.400. The van der Waals surface area contributed by atoms with Gasteiger partial charge in [0.15, 0.2) is 0 Å². The first-order valence-corrected chi connectivity index (χ1v) is 6.02. The van der Waals surface area contributed by atoms with Crippen LogP contribution in [0.5, 0.6) is 5.75 Å². The lowest BCUT2D eigenvalue weighted by Crippen LogP contribution is -2.17. The third-order valence-corrected chi connectivity index (χ3v) is 2.69. The van der Waals surface area contributed by atoms with Gasteiger partial charge in [-0.2, -0.15) is 0 Å². The number of halogens is 5.